The molecular formula is C27H31NO4. The Hall–Kier alpha value is -1.95. The molecule has 1 unspecified atom stereocenters. The number of fused-ring (bicyclic) bond motifs is 9. The van der Waals surface area contributed by atoms with Crippen molar-refractivity contribution in [2.75, 3.05) is 0 Å². The second-order valence-electron chi connectivity index (χ2n) is 11.8. The van der Waals surface area contributed by atoms with Crippen LogP contribution in [-0.4, -0.2) is 39.5 Å². The van der Waals surface area contributed by atoms with E-state index in [0.29, 0.717) is 12.3 Å². The molecule has 2 saturated carbocycles. The van der Waals surface area contributed by atoms with E-state index in [-0.39, 0.29) is 22.5 Å². The third-order valence-corrected chi connectivity index (χ3v) is 10.1. The van der Waals surface area contributed by atoms with Crippen molar-refractivity contribution in [3.8, 4) is 0 Å². The fourth-order valence-electron chi connectivity index (χ4n) is 8.43. The van der Waals surface area contributed by atoms with Gasteiger partial charge in [-0.3, -0.25) is 4.79 Å². The predicted molar refractivity (Wildman–Crippen MR) is 120 cm³/mol. The maximum Gasteiger partial charge on any atom is 0.193 e. The SMILES string of the molecule is CC1(C)O[C@@]23CC[C@@]4(C)C(C2=CC(=O)[C@H]1O3)[C@H](O)C[C@H]1Cc2c([nH]c3ccccc23)[C@@]14C. The molecule has 1 aromatic heterocycles. The van der Waals surface area contributed by atoms with Crippen LogP contribution in [0.3, 0.4) is 0 Å². The number of aromatic nitrogens is 1. The van der Waals surface area contributed by atoms with Gasteiger partial charge >= 0.3 is 0 Å². The summed E-state index contributed by atoms with van der Waals surface area (Å²) in [5.74, 6) is -0.709. The maximum atomic E-state index is 13.1. The molecule has 7 rings (SSSR count). The summed E-state index contributed by atoms with van der Waals surface area (Å²) in [5, 5.41) is 12.9. The molecule has 0 radical (unpaired) electrons. The number of benzene rings is 1. The van der Waals surface area contributed by atoms with Crippen LogP contribution in [-0.2, 0) is 26.1 Å². The molecule has 168 valence electrons. The summed E-state index contributed by atoms with van der Waals surface area (Å²) in [6, 6.07) is 8.56. The van der Waals surface area contributed by atoms with Crippen LogP contribution in [0, 0.1) is 17.3 Å². The van der Waals surface area contributed by atoms with Crippen molar-refractivity contribution in [1.29, 1.82) is 0 Å². The van der Waals surface area contributed by atoms with Gasteiger partial charge in [0.25, 0.3) is 0 Å². The van der Waals surface area contributed by atoms with Crippen molar-refractivity contribution in [3.05, 3.63) is 47.2 Å². The number of carbonyl (C=O) groups excluding carboxylic acids is 1. The lowest BCUT2D eigenvalue weighted by atomic mass is 9.43. The lowest BCUT2D eigenvalue weighted by Crippen LogP contribution is -2.64. The predicted octanol–water partition coefficient (Wildman–Crippen LogP) is 4.18. The summed E-state index contributed by atoms with van der Waals surface area (Å²) in [5.41, 5.74) is 3.79. The van der Waals surface area contributed by atoms with E-state index < -0.39 is 23.6 Å². The third kappa shape index (κ3) is 1.97. The first-order valence-electron chi connectivity index (χ1n) is 12.0. The number of nitrogens with one attached hydrogen (secondary N) is 1. The first kappa shape index (κ1) is 19.5. The first-order chi connectivity index (χ1) is 15.1. The first-order valence-corrected chi connectivity index (χ1v) is 12.0. The molecule has 5 heteroatoms. The number of para-hydroxylation sites is 1. The largest absolute Gasteiger partial charge is 0.392 e. The van der Waals surface area contributed by atoms with Crippen LogP contribution in [0.2, 0.25) is 0 Å². The number of carbonyl (C=O) groups is 1. The van der Waals surface area contributed by atoms with Crippen molar-refractivity contribution in [3.63, 3.8) is 0 Å². The van der Waals surface area contributed by atoms with Crippen molar-refractivity contribution in [2.24, 2.45) is 17.3 Å². The topological polar surface area (TPSA) is 71.6 Å². The van der Waals surface area contributed by atoms with Gasteiger partial charge < -0.3 is 19.6 Å². The molecule has 5 nitrogen and oxygen atoms in total. The van der Waals surface area contributed by atoms with Gasteiger partial charge in [0.15, 0.2) is 17.7 Å². The van der Waals surface area contributed by atoms with Gasteiger partial charge in [0.2, 0.25) is 0 Å². The molecule has 3 fully saturated rings. The van der Waals surface area contributed by atoms with Gasteiger partial charge in [-0.2, -0.15) is 0 Å². The number of aliphatic hydroxyl groups excluding tert-OH is 1. The molecule has 2 aliphatic heterocycles. The third-order valence-electron chi connectivity index (χ3n) is 10.1. The molecule has 0 amide bonds. The van der Waals surface area contributed by atoms with E-state index in [2.05, 4.69) is 43.1 Å². The Balaban J connectivity index is 1.42. The monoisotopic (exact) mass is 433 g/mol. The standard InChI is InChI=1S/C27H31NO4/c1-24(2)23-20(30)13-17-21-19(29)12-14-11-16-15-7-5-6-8-18(15)28-22(16)26(14,4)25(21,3)9-10-27(17,31-23)32-24/h5-8,13-14,19,21,23,28-29H,9-12H2,1-4H3/t14-,19-,21?,23-,25+,26-,27+/m1/s1. The van der Waals surface area contributed by atoms with Gasteiger partial charge in [-0.05, 0) is 67.7 Å². The molecule has 2 N–H and O–H groups in total. The van der Waals surface area contributed by atoms with E-state index >= 15 is 0 Å². The second kappa shape index (κ2) is 5.57. The molecule has 2 aromatic rings. The van der Waals surface area contributed by atoms with Gasteiger partial charge in [0.1, 0.15) is 5.60 Å². The molecule has 1 aromatic carbocycles. The summed E-state index contributed by atoms with van der Waals surface area (Å²) in [6.45, 7) is 8.61. The highest BCUT2D eigenvalue weighted by Crippen LogP contribution is 2.70. The molecule has 32 heavy (non-hydrogen) atoms. The van der Waals surface area contributed by atoms with Gasteiger partial charge in [-0.15, -0.1) is 0 Å². The average molecular weight is 434 g/mol. The van der Waals surface area contributed by atoms with Crippen LogP contribution in [0.1, 0.15) is 58.2 Å². The van der Waals surface area contributed by atoms with E-state index in [9.17, 15) is 9.90 Å². The zero-order valence-electron chi connectivity index (χ0n) is 19.2. The van der Waals surface area contributed by atoms with E-state index in [1.54, 1.807) is 6.08 Å². The number of aliphatic hydroxyl groups is 1. The number of ketones is 1. The van der Waals surface area contributed by atoms with Crippen molar-refractivity contribution in [2.45, 2.75) is 82.4 Å². The molecule has 1 saturated heterocycles. The highest BCUT2D eigenvalue weighted by molar-refractivity contribution is 5.97. The Labute approximate surface area is 188 Å². The highest BCUT2D eigenvalue weighted by atomic mass is 16.8. The number of hydrogen-bond acceptors (Lipinski definition) is 4. The Bertz CT molecular complexity index is 1230. The van der Waals surface area contributed by atoms with Crippen molar-refractivity contribution >= 4 is 16.7 Å². The van der Waals surface area contributed by atoms with Gasteiger partial charge in [-0.1, -0.05) is 32.0 Å². The van der Waals surface area contributed by atoms with Gasteiger partial charge in [0, 0.05) is 34.4 Å². The highest BCUT2D eigenvalue weighted by Gasteiger charge is 2.71. The maximum absolute atomic E-state index is 13.1. The average Bonchev–Trinajstić information content (AvgIpc) is 3.31. The number of ether oxygens (including phenoxy) is 2. The van der Waals surface area contributed by atoms with Crippen LogP contribution in [0.5, 0.6) is 0 Å². The number of rotatable bonds is 0. The normalized spacial score (nSPS) is 45.8. The van der Waals surface area contributed by atoms with E-state index in [1.807, 2.05) is 13.8 Å². The van der Waals surface area contributed by atoms with Crippen LogP contribution >= 0.6 is 0 Å². The molecule has 5 aliphatic rings. The summed E-state index contributed by atoms with van der Waals surface area (Å²) < 4.78 is 12.9. The Morgan fingerprint density at radius 2 is 1.91 bits per heavy atom. The molecule has 3 heterocycles. The zero-order chi connectivity index (χ0) is 22.3. The van der Waals surface area contributed by atoms with Gasteiger partial charge in [0.05, 0.1) is 6.10 Å². The van der Waals surface area contributed by atoms with Crippen LogP contribution in [0.25, 0.3) is 10.9 Å². The Kier molecular flexibility index (Phi) is 3.40. The number of H-pyrrole nitrogens is 1. The fraction of sp³-hybridized carbons (Fsp3) is 0.593. The number of aromatic amines is 1. The molecule has 7 atom stereocenters. The zero-order valence-corrected chi connectivity index (χ0v) is 19.2. The summed E-state index contributed by atoms with van der Waals surface area (Å²) in [4.78, 5) is 16.8. The summed E-state index contributed by atoms with van der Waals surface area (Å²) >= 11 is 0. The summed E-state index contributed by atoms with van der Waals surface area (Å²) in [7, 11) is 0. The summed E-state index contributed by atoms with van der Waals surface area (Å²) in [6.07, 6.45) is 4.00. The minimum Gasteiger partial charge on any atom is -0.392 e. The Morgan fingerprint density at radius 1 is 1.12 bits per heavy atom. The smallest absolute Gasteiger partial charge is 0.193 e. The fourth-order valence-corrected chi connectivity index (χ4v) is 8.43. The molecule has 2 bridgehead atoms. The van der Waals surface area contributed by atoms with E-state index in [1.165, 1.54) is 22.2 Å². The lowest BCUT2D eigenvalue weighted by Gasteiger charge is -2.63. The molecular weight excluding hydrogens is 402 g/mol. The molecule has 3 aliphatic carbocycles. The lowest BCUT2D eigenvalue weighted by molar-refractivity contribution is -0.218. The van der Waals surface area contributed by atoms with E-state index in [4.69, 9.17) is 9.47 Å². The minimum atomic E-state index is -0.877. The minimum absolute atomic E-state index is 0.0282. The Morgan fingerprint density at radius 3 is 2.72 bits per heavy atom. The van der Waals surface area contributed by atoms with Gasteiger partial charge in [-0.25, -0.2) is 0 Å². The second-order valence-corrected chi connectivity index (χ2v) is 11.8. The molecule has 1 spiro atoms. The van der Waals surface area contributed by atoms with Crippen LogP contribution in [0.15, 0.2) is 35.9 Å². The van der Waals surface area contributed by atoms with Crippen LogP contribution in [0.4, 0.5) is 0 Å². The van der Waals surface area contributed by atoms with Crippen LogP contribution < -0.4 is 0 Å². The quantitative estimate of drug-likeness (QED) is 0.654. The van der Waals surface area contributed by atoms with Crippen molar-refractivity contribution in [1.82, 2.24) is 4.98 Å². The van der Waals surface area contributed by atoms with Crippen molar-refractivity contribution < 1.29 is 19.4 Å². The number of hydrogen-bond donors (Lipinski definition) is 2. The van der Waals surface area contributed by atoms with E-state index in [0.717, 1.165) is 24.8 Å².